The zero-order valence-corrected chi connectivity index (χ0v) is 10.6. The van der Waals surface area contributed by atoms with Crippen molar-refractivity contribution in [3.63, 3.8) is 0 Å². The van der Waals surface area contributed by atoms with E-state index in [0.29, 0.717) is 23.1 Å². The van der Waals surface area contributed by atoms with Gasteiger partial charge in [0.1, 0.15) is 17.6 Å². The number of hydrogen-bond acceptors (Lipinski definition) is 3. The molecule has 1 heterocycles. The van der Waals surface area contributed by atoms with Crippen LogP contribution in [0.3, 0.4) is 0 Å². The van der Waals surface area contributed by atoms with Crippen LogP contribution < -0.4 is 0 Å². The largest absolute Gasteiger partial charge is 0.298 e. The first kappa shape index (κ1) is 13.0. The molecule has 19 heavy (non-hydrogen) atoms. The Labute approximate surface area is 110 Å². The molecule has 0 fully saturated rings. The summed E-state index contributed by atoms with van der Waals surface area (Å²) in [6, 6.07) is 6.05. The standard InChI is InChI=1S/C14H12FN3O/c1-9(2)18-7-12(8-19)14(17-18)10-3-4-11(6-16)13(15)5-10/h3-5,7-9H,1-2H3. The molecular formula is C14H12FN3O. The molecule has 5 heteroatoms. The molecule has 1 aromatic carbocycles. The van der Waals surface area contributed by atoms with Crippen molar-refractivity contribution >= 4 is 6.29 Å². The van der Waals surface area contributed by atoms with Gasteiger partial charge in [0.15, 0.2) is 6.29 Å². The highest BCUT2D eigenvalue weighted by Crippen LogP contribution is 2.24. The van der Waals surface area contributed by atoms with Crippen molar-refractivity contribution in [3.8, 4) is 17.3 Å². The fraction of sp³-hybridized carbons (Fsp3) is 0.214. The summed E-state index contributed by atoms with van der Waals surface area (Å²) in [7, 11) is 0. The second-order valence-electron chi connectivity index (χ2n) is 4.43. The third-order valence-corrected chi connectivity index (χ3v) is 2.78. The van der Waals surface area contributed by atoms with Crippen molar-refractivity contribution in [2.45, 2.75) is 19.9 Å². The summed E-state index contributed by atoms with van der Waals surface area (Å²) in [5.74, 6) is -0.615. The van der Waals surface area contributed by atoms with Crippen LogP contribution in [0.1, 0.15) is 35.8 Å². The summed E-state index contributed by atoms with van der Waals surface area (Å²) in [6.45, 7) is 3.87. The Hall–Kier alpha value is -2.48. The highest BCUT2D eigenvalue weighted by Gasteiger charge is 2.14. The van der Waals surface area contributed by atoms with Crippen LogP contribution in [-0.4, -0.2) is 16.1 Å². The number of carbonyl (C=O) groups excluding carboxylic acids is 1. The number of rotatable bonds is 3. The average molecular weight is 257 g/mol. The fourth-order valence-corrected chi connectivity index (χ4v) is 1.73. The molecule has 0 saturated carbocycles. The minimum atomic E-state index is -0.615. The van der Waals surface area contributed by atoms with Gasteiger partial charge in [-0.05, 0) is 26.0 Å². The van der Waals surface area contributed by atoms with Crippen LogP contribution in [0.15, 0.2) is 24.4 Å². The fourth-order valence-electron chi connectivity index (χ4n) is 1.73. The van der Waals surface area contributed by atoms with Gasteiger partial charge in [0.05, 0.1) is 11.1 Å². The van der Waals surface area contributed by atoms with E-state index >= 15 is 0 Å². The number of nitrogens with zero attached hydrogens (tertiary/aromatic N) is 3. The molecule has 2 aromatic rings. The lowest BCUT2D eigenvalue weighted by molar-refractivity contribution is 0.112. The number of carbonyl (C=O) groups is 1. The van der Waals surface area contributed by atoms with Crippen LogP contribution in [0.25, 0.3) is 11.3 Å². The van der Waals surface area contributed by atoms with Gasteiger partial charge >= 0.3 is 0 Å². The van der Waals surface area contributed by atoms with Crippen LogP contribution >= 0.6 is 0 Å². The molecule has 0 radical (unpaired) electrons. The lowest BCUT2D eigenvalue weighted by atomic mass is 10.1. The summed E-state index contributed by atoms with van der Waals surface area (Å²) >= 11 is 0. The maximum atomic E-state index is 13.6. The Balaban J connectivity index is 2.55. The van der Waals surface area contributed by atoms with E-state index in [-0.39, 0.29) is 11.6 Å². The van der Waals surface area contributed by atoms with Gasteiger partial charge in [-0.25, -0.2) is 4.39 Å². The van der Waals surface area contributed by atoms with Gasteiger partial charge in [-0.15, -0.1) is 0 Å². The summed E-state index contributed by atoms with van der Waals surface area (Å²) < 4.78 is 15.2. The highest BCUT2D eigenvalue weighted by atomic mass is 19.1. The van der Waals surface area contributed by atoms with Crippen LogP contribution in [0.4, 0.5) is 4.39 Å². The van der Waals surface area contributed by atoms with Crippen LogP contribution in [0.5, 0.6) is 0 Å². The van der Waals surface area contributed by atoms with Crippen LogP contribution in [-0.2, 0) is 0 Å². The Morgan fingerprint density at radius 2 is 2.21 bits per heavy atom. The van der Waals surface area contributed by atoms with Crippen LogP contribution in [0, 0.1) is 17.1 Å². The van der Waals surface area contributed by atoms with Crippen molar-refractivity contribution in [2.75, 3.05) is 0 Å². The number of benzene rings is 1. The molecule has 0 unspecified atom stereocenters. The molecule has 4 nitrogen and oxygen atoms in total. The van der Waals surface area contributed by atoms with Gasteiger partial charge in [0.25, 0.3) is 0 Å². The van der Waals surface area contributed by atoms with E-state index in [1.54, 1.807) is 23.0 Å². The zero-order chi connectivity index (χ0) is 14.0. The average Bonchev–Trinajstić information content (AvgIpc) is 2.82. The SMILES string of the molecule is CC(C)n1cc(C=O)c(-c2ccc(C#N)c(F)c2)n1. The van der Waals surface area contributed by atoms with E-state index in [1.165, 1.54) is 12.1 Å². The Kier molecular flexibility index (Phi) is 3.43. The van der Waals surface area contributed by atoms with Gasteiger partial charge in [0.2, 0.25) is 0 Å². The first-order chi connectivity index (χ1) is 9.06. The quantitative estimate of drug-likeness (QED) is 0.794. The topological polar surface area (TPSA) is 58.7 Å². The molecule has 0 aliphatic rings. The predicted octanol–water partition coefficient (Wildman–Crippen LogP) is 2.95. The van der Waals surface area contributed by atoms with E-state index in [4.69, 9.17) is 5.26 Å². The molecule has 0 aliphatic carbocycles. The molecule has 96 valence electrons. The summed E-state index contributed by atoms with van der Waals surface area (Å²) in [5, 5.41) is 13.0. The second-order valence-corrected chi connectivity index (χ2v) is 4.43. The van der Waals surface area contributed by atoms with Crippen molar-refractivity contribution in [2.24, 2.45) is 0 Å². The van der Waals surface area contributed by atoms with E-state index in [1.807, 2.05) is 13.8 Å². The number of halogens is 1. The normalized spacial score (nSPS) is 10.5. The van der Waals surface area contributed by atoms with Crippen LogP contribution in [0.2, 0.25) is 0 Å². The molecule has 0 bridgehead atoms. The monoisotopic (exact) mass is 257 g/mol. The molecule has 0 aliphatic heterocycles. The minimum Gasteiger partial charge on any atom is -0.298 e. The highest BCUT2D eigenvalue weighted by molar-refractivity contribution is 5.85. The van der Waals surface area contributed by atoms with E-state index in [2.05, 4.69) is 5.10 Å². The molecule has 0 amide bonds. The molecular weight excluding hydrogens is 245 g/mol. The maximum Gasteiger partial charge on any atom is 0.153 e. The van der Waals surface area contributed by atoms with E-state index in [9.17, 15) is 9.18 Å². The lowest BCUT2D eigenvalue weighted by Gasteiger charge is -2.04. The smallest absolute Gasteiger partial charge is 0.153 e. The first-order valence-electron chi connectivity index (χ1n) is 5.81. The summed E-state index contributed by atoms with van der Waals surface area (Å²) in [6.07, 6.45) is 2.32. The maximum absolute atomic E-state index is 13.6. The molecule has 0 spiro atoms. The minimum absolute atomic E-state index is 0.0281. The molecule has 2 rings (SSSR count). The van der Waals surface area contributed by atoms with E-state index < -0.39 is 5.82 Å². The van der Waals surface area contributed by atoms with Gasteiger partial charge in [-0.1, -0.05) is 6.07 Å². The molecule has 0 atom stereocenters. The zero-order valence-electron chi connectivity index (χ0n) is 10.6. The molecule has 0 saturated heterocycles. The number of aromatic nitrogens is 2. The number of aldehydes is 1. The number of hydrogen-bond donors (Lipinski definition) is 0. The third-order valence-electron chi connectivity index (χ3n) is 2.78. The summed E-state index contributed by atoms with van der Waals surface area (Å²) in [5.41, 5.74) is 1.28. The van der Waals surface area contributed by atoms with Gasteiger partial charge in [-0.2, -0.15) is 10.4 Å². The van der Waals surface area contributed by atoms with Crippen molar-refractivity contribution < 1.29 is 9.18 Å². The number of nitriles is 1. The predicted molar refractivity (Wildman–Crippen MR) is 68.1 cm³/mol. The Morgan fingerprint density at radius 3 is 2.74 bits per heavy atom. The lowest BCUT2D eigenvalue weighted by Crippen LogP contribution is -2.00. The Morgan fingerprint density at radius 1 is 1.47 bits per heavy atom. The first-order valence-corrected chi connectivity index (χ1v) is 5.81. The van der Waals surface area contributed by atoms with Gasteiger partial charge < -0.3 is 0 Å². The summed E-state index contributed by atoms with van der Waals surface area (Å²) in [4.78, 5) is 11.0. The van der Waals surface area contributed by atoms with E-state index in [0.717, 1.165) is 0 Å². The Bertz CT molecular complexity index is 668. The second kappa shape index (κ2) is 5.02. The molecule has 1 aromatic heterocycles. The molecule has 0 N–H and O–H groups in total. The van der Waals surface area contributed by atoms with Crippen molar-refractivity contribution in [1.82, 2.24) is 9.78 Å². The van der Waals surface area contributed by atoms with Gasteiger partial charge in [0, 0.05) is 17.8 Å². The van der Waals surface area contributed by atoms with Crippen molar-refractivity contribution in [3.05, 3.63) is 41.3 Å². The third kappa shape index (κ3) is 2.38. The van der Waals surface area contributed by atoms with Gasteiger partial charge in [-0.3, -0.25) is 9.48 Å². The van der Waals surface area contributed by atoms with Crippen molar-refractivity contribution in [1.29, 1.82) is 5.26 Å².